The molecule has 0 aliphatic heterocycles. The van der Waals surface area contributed by atoms with Gasteiger partial charge in [0.1, 0.15) is 0 Å². The van der Waals surface area contributed by atoms with Crippen molar-refractivity contribution in [3.63, 3.8) is 0 Å². The summed E-state index contributed by atoms with van der Waals surface area (Å²) < 4.78 is 0. The lowest BCUT2D eigenvalue weighted by Gasteiger charge is -2.12. The minimum absolute atomic E-state index is 0.0809. The Kier molecular flexibility index (Phi) is 5.32. The molecule has 0 fully saturated rings. The average Bonchev–Trinajstić information content (AvgIpc) is 2.30. The average molecular weight is 237 g/mol. The van der Waals surface area contributed by atoms with Gasteiger partial charge in [0.25, 0.3) is 0 Å². The molecule has 0 amide bonds. The summed E-state index contributed by atoms with van der Waals surface area (Å²) in [4.78, 5) is 22.1. The number of Topliss-reactive ketones (excluding diaryl/α,β-unsaturated/α-hetero) is 1. The van der Waals surface area contributed by atoms with Gasteiger partial charge in [-0.05, 0) is 12.0 Å². The Labute approximate surface area is 99.0 Å². The molecule has 0 spiro atoms. The van der Waals surface area contributed by atoms with Crippen LogP contribution < -0.4 is 5.48 Å². The highest BCUT2D eigenvalue weighted by Gasteiger charge is 2.18. The summed E-state index contributed by atoms with van der Waals surface area (Å²) in [5, 5.41) is 17.3. The standard InChI is InChI=1S/C12H15NO4/c14-11(8-9-4-2-1-3-5-9)10(13-17)6-7-12(15)16/h1-5,10,13,17H,6-8H2,(H,15,16)/t10-/m0/s1. The highest BCUT2D eigenvalue weighted by Crippen LogP contribution is 2.05. The maximum Gasteiger partial charge on any atom is 0.303 e. The molecule has 0 unspecified atom stereocenters. The van der Waals surface area contributed by atoms with Crippen molar-refractivity contribution in [3.8, 4) is 0 Å². The molecule has 0 radical (unpaired) electrons. The minimum Gasteiger partial charge on any atom is -0.481 e. The van der Waals surface area contributed by atoms with Crippen LogP contribution in [0, 0.1) is 0 Å². The molecule has 1 aromatic carbocycles. The van der Waals surface area contributed by atoms with Crippen molar-refractivity contribution < 1.29 is 19.9 Å². The molecule has 0 aliphatic carbocycles. The molecule has 17 heavy (non-hydrogen) atoms. The summed E-state index contributed by atoms with van der Waals surface area (Å²) in [6, 6.07) is 8.28. The van der Waals surface area contributed by atoms with Crippen LogP contribution in [0.3, 0.4) is 0 Å². The summed E-state index contributed by atoms with van der Waals surface area (Å²) in [5.41, 5.74) is 2.71. The van der Waals surface area contributed by atoms with Crippen LogP contribution in [0.4, 0.5) is 0 Å². The summed E-state index contributed by atoms with van der Waals surface area (Å²) in [6.07, 6.45) is 0.106. The number of hydroxylamine groups is 1. The van der Waals surface area contributed by atoms with Gasteiger partial charge >= 0.3 is 5.97 Å². The van der Waals surface area contributed by atoms with E-state index < -0.39 is 12.0 Å². The van der Waals surface area contributed by atoms with Gasteiger partial charge in [-0.1, -0.05) is 30.3 Å². The molecule has 0 saturated heterocycles. The van der Waals surface area contributed by atoms with Gasteiger partial charge in [0, 0.05) is 12.8 Å². The highest BCUT2D eigenvalue weighted by molar-refractivity contribution is 5.86. The number of ketones is 1. The number of aliphatic carboxylic acids is 1. The van der Waals surface area contributed by atoms with Crippen molar-refractivity contribution in [2.24, 2.45) is 0 Å². The van der Waals surface area contributed by atoms with Crippen molar-refractivity contribution in [1.29, 1.82) is 0 Å². The first-order chi connectivity index (χ1) is 8.13. The van der Waals surface area contributed by atoms with Crippen LogP contribution >= 0.6 is 0 Å². The second-order valence-corrected chi connectivity index (χ2v) is 3.74. The van der Waals surface area contributed by atoms with E-state index in [4.69, 9.17) is 10.3 Å². The molecule has 1 atom stereocenters. The van der Waals surface area contributed by atoms with E-state index in [0.717, 1.165) is 5.56 Å². The fourth-order valence-corrected chi connectivity index (χ4v) is 1.49. The molecule has 0 saturated carbocycles. The normalized spacial score (nSPS) is 12.1. The molecule has 0 aliphatic rings. The predicted octanol–water partition coefficient (Wildman–Crippen LogP) is 1.01. The van der Waals surface area contributed by atoms with Gasteiger partial charge in [-0.25, -0.2) is 0 Å². The van der Waals surface area contributed by atoms with Gasteiger partial charge in [-0.2, -0.15) is 5.48 Å². The summed E-state index contributed by atoms with van der Waals surface area (Å²) >= 11 is 0. The minimum atomic E-state index is -0.988. The lowest BCUT2D eigenvalue weighted by Crippen LogP contribution is -2.36. The first-order valence-corrected chi connectivity index (χ1v) is 5.31. The first-order valence-electron chi connectivity index (χ1n) is 5.31. The molecule has 0 heterocycles. The summed E-state index contributed by atoms with van der Waals surface area (Å²) in [5.74, 6) is -1.21. The molecule has 3 N–H and O–H groups in total. The second-order valence-electron chi connectivity index (χ2n) is 3.74. The van der Waals surface area contributed by atoms with E-state index in [1.54, 1.807) is 0 Å². The molecule has 0 aromatic heterocycles. The van der Waals surface area contributed by atoms with Crippen LogP contribution in [0.1, 0.15) is 18.4 Å². The monoisotopic (exact) mass is 237 g/mol. The number of benzene rings is 1. The zero-order valence-corrected chi connectivity index (χ0v) is 9.30. The predicted molar refractivity (Wildman–Crippen MR) is 60.7 cm³/mol. The number of carbonyl (C=O) groups excluding carboxylic acids is 1. The summed E-state index contributed by atoms with van der Waals surface area (Å²) in [7, 11) is 0. The third kappa shape index (κ3) is 4.76. The van der Waals surface area contributed by atoms with Crippen molar-refractivity contribution in [3.05, 3.63) is 35.9 Å². The Bertz CT molecular complexity index is 377. The van der Waals surface area contributed by atoms with Crippen molar-refractivity contribution in [2.45, 2.75) is 25.3 Å². The third-order valence-corrected chi connectivity index (χ3v) is 2.41. The molecule has 5 heteroatoms. The molecule has 5 nitrogen and oxygen atoms in total. The second kappa shape index (κ2) is 6.78. The molecule has 92 valence electrons. The van der Waals surface area contributed by atoms with E-state index in [2.05, 4.69) is 0 Å². The number of hydrogen-bond donors (Lipinski definition) is 3. The smallest absolute Gasteiger partial charge is 0.303 e. The zero-order valence-electron chi connectivity index (χ0n) is 9.30. The maximum absolute atomic E-state index is 11.7. The molecular weight excluding hydrogens is 222 g/mol. The quantitative estimate of drug-likeness (QED) is 0.616. The van der Waals surface area contributed by atoms with Crippen LogP contribution in [0.25, 0.3) is 0 Å². The van der Waals surface area contributed by atoms with Gasteiger partial charge in [0.05, 0.1) is 6.04 Å². The topological polar surface area (TPSA) is 86.6 Å². The highest BCUT2D eigenvalue weighted by atomic mass is 16.5. The number of carbonyl (C=O) groups is 2. The lowest BCUT2D eigenvalue weighted by molar-refractivity contribution is -0.137. The Morgan fingerprint density at radius 3 is 2.41 bits per heavy atom. The number of rotatable bonds is 7. The number of carboxylic acid groups (broad SMARTS) is 1. The third-order valence-electron chi connectivity index (χ3n) is 2.41. The van der Waals surface area contributed by atoms with E-state index in [-0.39, 0.29) is 25.0 Å². The SMILES string of the molecule is O=C(O)CC[C@H](NO)C(=O)Cc1ccccc1. The van der Waals surface area contributed by atoms with Crippen LogP contribution in [0.5, 0.6) is 0 Å². The Morgan fingerprint density at radius 2 is 1.88 bits per heavy atom. The van der Waals surface area contributed by atoms with E-state index in [9.17, 15) is 9.59 Å². The van der Waals surface area contributed by atoms with Crippen molar-refractivity contribution in [1.82, 2.24) is 5.48 Å². The lowest BCUT2D eigenvalue weighted by atomic mass is 10.0. The fraction of sp³-hybridized carbons (Fsp3) is 0.333. The van der Waals surface area contributed by atoms with E-state index >= 15 is 0 Å². The van der Waals surface area contributed by atoms with Gasteiger partial charge in [0.2, 0.25) is 0 Å². The van der Waals surface area contributed by atoms with Gasteiger partial charge in [-0.15, -0.1) is 0 Å². The molecular formula is C12H15NO4. The van der Waals surface area contributed by atoms with Crippen LogP contribution in [-0.4, -0.2) is 28.1 Å². The van der Waals surface area contributed by atoms with Crippen LogP contribution in [0.2, 0.25) is 0 Å². The zero-order chi connectivity index (χ0) is 12.7. The Balaban J connectivity index is 2.52. The van der Waals surface area contributed by atoms with Crippen molar-refractivity contribution >= 4 is 11.8 Å². The van der Waals surface area contributed by atoms with E-state index in [1.807, 2.05) is 35.8 Å². The van der Waals surface area contributed by atoms with Crippen LogP contribution in [0.15, 0.2) is 30.3 Å². The maximum atomic E-state index is 11.7. The Hall–Kier alpha value is -1.72. The molecule has 1 rings (SSSR count). The molecule has 1 aromatic rings. The van der Waals surface area contributed by atoms with Gasteiger partial charge < -0.3 is 10.3 Å². The molecule has 0 bridgehead atoms. The number of nitrogens with one attached hydrogen (secondary N) is 1. The van der Waals surface area contributed by atoms with E-state index in [0.29, 0.717) is 0 Å². The number of hydrogen-bond acceptors (Lipinski definition) is 4. The summed E-state index contributed by atoms with van der Waals surface area (Å²) in [6.45, 7) is 0. The van der Waals surface area contributed by atoms with Gasteiger partial charge in [0.15, 0.2) is 5.78 Å². The number of carboxylic acids is 1. The fourth-order valence-electron chi connectivity index (χ4n) is 1.49. The van der Waals surface area contributed by atoms with Crippen molar-refractivity contribution in [2.75, 3.05) is 0 Å². The van der Waals surface area contributed by atoms with Crippen LogP contribution in [-0.2, 0) is 16.0 Å². The van der Waals surface area contributed by atoms with E-state index in [1.165, 1.54) is 0 Å². The largest absolute Gasteiger partial charge is 0.481 e. The first kappa shape index (κ1) is 13.3. The van der Waals surface area contributed by atoms with Gasteiger partial charge in [-0.3, -0.25) is 9.59 Å². The Morgan fingerprint density at radius 1 is 1.24 bits per heavy atom.